The number of aryl methyl sites for hydroxylation is 1. The first-order valence-corrected chi connectivity index (χ1v) is 5.68. The number of fused-ring (bicyclic) bond motifs is 1. The predicted molar refractivity (Wildman–Crippen MR) is 64.1 cm³/mol. The first-order valence-electron chi connectivity index (χ1n) is 5.68. The van der Waals surface area contributed by atoms with Crippen LogP contribution in [0.4, 0.5) is 0 Å². The Hall–Kier alpha value is -1.22. The third-order valence-electron chi connectivity index (χ3n) is 2.76. The molecule has 0 aliphatic carbocycles. The molecule has 3 heteroatoms. The summed E-state index contributed by atoms with van der Waals surface area (Å²) >= 11 is 0. The van der Waals surface area contributed by atoms with E-state index >= 15 is 0 Å². The molecule has 1 aromatic rings. The summed E-state index contributed by atoms with van der Waals surface area (Å²) < 4.78 is 11.4. The van der Waals surface area contributed by atoms with Crippen molar-refractivity contribution in [2.75, 3.05) is 13.6 Å². The molecule has 1 aliphatic heterocycles. The first kappa shape index (κ1) is 11.3. The second-order valence-corrected chi connectivity index (χ2v) is 4.68. The Morgan fingerprint density at radius 2 is 1.81 bits per heavy atom. The molecule has 1 N–H and O–H groups in total. The van der Waals surface area contributed by atoms with Crippen LogP contribution in [-0.4, -0.2) is 19.4 Å². The van der Waals surface area contributed by atoms with E-state index in [1.165, 1.54) is 11.1 Å². The van der Waals surface area contributed by atoms with Crippen molar-refractivity contribution in [2.24, 2.45) is 0 Å². The Kier molecular flexibility index (Phi) is 2.80. The highest BCUT2D eigenvalue weighted by atomic mass is 16.7. The molecule has 1 aromatic carbocycles. The molecule has 0 radical (unpaired) electrons. The van der Waals surface area contributed by atoms with Gasteiger partial charge in [-0.25, -0.2) is 0 Å². The predicted octanol–water partition coefficient (Wildman–Crippen LogP) is 2.26. The van der Waals surface area contributed by atoms with E-state index in [0.29, 0.717) is 0 Å². The van der Waals surface area contributed by atoms with Crippen LogP contribution >= 0.6 is 0 Å². The van der Waals surface area contributed by atoms with E-state index < -0.39 is 5.79 Å². The molecule has 0 amide bonds. The third-order valence-corrected chi connectivity index (χ3v) is 2.76. The van der Waals surface area contributed by atoms with Gasteiger partial charge in [0, 0.05) is 13.8 Å². The summed E-state index contributed by atoms with van der Waals surface area (Å²) in [7, 11) is 1.96. The molecule has 16 heavy (non-hydrogen) atoms. The zero-order chi connectivity index (χ0) is 11.8. The van der Waals surface area contributed by atoms with E-state index in [0.717, 1.165) is 24.5 Å². The van der Waals surface area contributed by atoms with Gasteiger partial charge in [0.15, 0.2) is 11.5 Å². The lowest BCUT2D eigenvalue weighted by Gasteiger charge is -2.16. The average Bonchev–Trinajstić information content (AvgIpc) is 2.47. The zero-order valence-electron chi connectivity index (χ0n) is 10.4. The number of ether oxygens (including phenoxy) is 2. The molecule has 2 rings (SSSR count). The van der Waals surface area contributed by atoms with Gasteiger partial charge in [-0.05, 0) is 50.2 Å². The van der Waals surface area contributed by atoms with Gasteiger partial charge >= 0.3 is 0 Å². The van der Waals surface area contributed by atoms with E-state index in [1.807, 2.05) is 20.9 Å². The summed E-state index contributed by atoms with van der Waals surface area (Å²) in [6, 6.07) is 4.16. The van der Waals surface area contributed by atoms with Crippen LogP contribution in [0.25, 0.3) is 0 Å². The lowest BCUT2D eigenvalue weighted by molar-refractivity contribution is -0.0431. The Labute approximate surface area is 96.8 Å². The second kappa shape index (κ2) is 3.98. The van der Waals surface area contributed by atoms with E-state index in [-0.39, 0.29) is 0 Å². The topological polar surface area (TPSA) is 30.5 Å². The highest BCUT2D eigenvalue weighted by Gasteiger charge is 2.32. The lowest BCUT2D eigenvalue weighted by atomic mass is 10.0. The van der Waals surface area contributed by atoms with Gasteiger partial charge in [-0.15, -0.1) is 0 Å². The van der Waals surface area contributed by atoms with Crippen molar-refractivity contribution in [3.8, 4) is 11.5 Å². The van der Waals surface area contributed by atoms with Gasteiger partial charge in [0.2, 0.25) is 5.79 Å². The summed E-state index contributed by atoms with van der Waals surface area (Å²) in [5.41, 5.74) is 2.57. The Morgan fingerprint density at radius 3 is 2.44 bits per heavy atom. The monoisotopic (exact) mass is 221 g/mol. The molecule has 0 fully saturated rings. The van der Waals surface area contributed by atoms with Gasteiger partial charge in [-0.1, -0.05) is 0 Å². The minimum atomic E-state index is -0.531. The average molecular weight is 221 g/mol. The fourth-order valence-corrected chi connectivity index (χ4v) is 1.94. The van der Waals surface area contributed by atoms with Crippen LogP contribution in [0.1, 0.15) is 25.0 Å². The molecule has 0 saturated heterocycles. The number of hydrogen-bond donors (Lipinski definition) is 1. The van der Waals surface area contributed by atoms with Gasteiger partial charge in [-0.2, -0.15) is 0 Å². The normalized spacial score (nSPS) is 16.5. The SMILES string of the molecule is CNCCc1cc2c(cc1C)OC(C)(C)O2. The van der Waals surface area contributed by atoms with Crippen LogP contribution in [0.3, 0.4) is 0 Å². The number of benzene rings is 1. The van der Waals surface area contributed by atoms with Gasteiger partial charge in [0.1, 0.15) is 0 Å². The van der Waals surface area contributed by atoms with Crippen molar-refractivity contribution >= 4 is 0 Å². The van der Waals surface area contributed by atoms with Crippen LogP contribution < -0.4 is 14.8 Å². The fourth-order valence-electron chi connectivity index (χ4n) is 1.94. The highest BCUT2D eigenvalue weighted by molar-refractivity contribution is 5.49. The molecule has 0 aromatic heterocycles. The van der Waals surface area contributed by atoms with Crippen LogP contribution in [0, 0.1) is 6.92 Å². The van der Waals surface area contributed by atoms with Crippen molar-refractivity contribution in [2.45, 2.75) is 33.0 Å². The number of likely N-dealkylation sites (N-methyl/N-ethyl adjacent to an activating group) is 1. The molecule has 3 nitrogen and oxygen atoms in total. The molecular weight excluding hydrogens is 202 g/mol. The number of hydrogen-bond acceptors (Lipinski definition) is 3. The Morgan fingerprint density at radius 1 is 1.19 bits per heavy atom. The highest BCUT2D eigenvalue weighted by Crippen LogP contribution is 2.40. The number of nitrogens with one attached hydrogen (secondary N) is 1. The van der Waals surface area contributed by atoms with Gasteiger partial charge < -0.3 is 14.8 Å². The molecule has 0 spiro atoms. The molecular formula is C13H19NO2. The Balaban J connectivity index is 2.26. The molecule has 88 valence electrons. The molecule has 0 bridgehead atoms. The van der Waals surface area contributed by atoms with Crippen molar-refractivity contribution in [3.63, 3.8) is 0 Å². The van der Waals surface area contributed by atoms with Crippen molar-refractivity contribution in [1.29, 1.82) is 0 Å². The van der Waals surface area contributed by atoms with Gasteiger partial charge in [0.25, 0.3) is 0 Å². The van der Waals surface area contributed by atoms with Gasteiger partial charge in [0.05, 0.1) is 0 Å². The summed E-state index contributed by atoms with van der Waals surface area (Å²) in [5.74, 6) is 1.19. The molecule has 0 saturated carbocycles. The van der Waals surface area contributed by atoms with Crippen LogP contribution in [0.2, 0.25) is 0 Å². The van der Waals surface area contributed by atoms with Crippen molar-refractivity contribution in [1.82, 2.24) is 5.32 Å². The minimum Gasteiger partial charge on any atom is -0.449 e. The summed E-state index contributed by atoms with van der Waals surface area (Å²) in [4.78, 5) is 0. The fraction of sp³-hybridized carbons (Fsp3) is 0.538. The maximum atomic E-state index is 5.73. The summed E-state index contributed by atoms with van der Waals surface area (Å²) in [5, 5.41) is 3.16. The molecule has 1 heterocycles. The smallest absolute Gasteiger partial charge is 0.246 e. The maximum Gasteiger partial charge on any atom is 0.246 e. The first-order chi connectivity index (χ1) is 7.52. The van der Waals surface area contributed by atoms with Crippen LogP contribution in [-0.2, 0) is 6.42 Å². The van der Waals surface area contributed by atoms with Crippen molar-refractivity contribution in [3.05, 3.63) is 23.3 Å². The molecule has 1 aliphatic rings. The maximum absolute atomic E-state index is 5.73. The zero-order valence-corrected chi connectivity index (χ0v) is 10.4. The van der Waals surface area contributed by atoms with Crippen molar-refractivity contribution < 1.29 is 9.47 Å². The third kappa shape index (κ3) is 2.14. The lowest BCUT2D eigenvalue weighted by Crippen LogP contribution is -2.29. The Bertz CT molecular complexity index is 399. The molecule has 0 atom stereocenters. The van der Waals surface area contributed by atoms with Gasteiger partial charge in [-0.3, -0.25) is 0 Å². The van der Waals surface area contributed by atoms with E-state index in [4.69, 9.17) is 9.47 Å². The standard InChI is InChI=1S/C13H19NO2/c1-9-7-11-12(16-13(2,3)15-11)8-10(9)5-6-14-4/h7-8,14H,5-6H2,1-4H3. The summed E-state index contributed by atoms with van der Waals surface area (Å²) in [6.45, 7) is 6.94. The van der Waals surface area contributed by atoms with Crippen LogP contribution in [0.5, 0.6) is 11.5 Å². The van der Waals surface area contributed by atoms with E-state index in [1.54, 1.807) is 0 Å². The molecule has 0 unspecified atom stereocenters. The van der Waals surface area contributed by atoms with E-state index in [9.17, 15) is 0 Å². The largest absolute Gasteiger partial charge is 0.449 e. The quantitative estimate of drug-likeness (QED) is 0.849. The second-order valence-electron chi connectivity index (χ2n) is 4.68. The minimum absolute atomic E-state index is 0.531. The van der Waals surface area contributed by atoms with E-state index in [2.05, 4.69) is 24.4 Å². The van der Waals surface area contributed by atoms with Crippen LogP contribution in [0.15, 0.2) is 12.1 Å². The number of rotatable bonds is 3. The summed E-state index contributed by atoms with van der Waals surface area (Å²) in [6.07, 6.45) is 1.01.